The van der Waals surface area contributed by atoms with Crippen molar-refractivity contribution >= 4 is 21.5 Å². The molecule has 0 nitrogen and oxygen atoms in total. The van der Waals surface area contributed by atoms with Gasteiger partial charge in [-0.25, -0.2) is 0 Å². The summed E-state index contributed by atoms with van der Waals surface area (Å²) in [6.07, 6.45) is 1.25. The Hall–Kier alpha value is -2.60. The summed E-state index contributed by atoms with van der Waals surface area (Å²) in [6.45, 7) is 12.2. The lowest BCUT2D eigenvalue weighted by molar-refractivity contribution is 1.09. The Balaban J connectivity index is -0.000000340. The van der Waals surface area contributed by atoms with Crippen LogP contribution in [0.25, 0.3) is 21.5 Å². The molecule has 0 saturated carbocycles. The van der Waals surface area contributed by atoms with Gasteiger partial charge in [0.1, 0.15) is 0 Å². The van der Waals surface area contributed by atoms with E-state index < -0.39 is 0 Å². The van der Waals surface area contributed by atoms with Crippen LogP contribution in [-0.4, -0.2) is 0 Å². The van der Waals surface area contributed by atoms with E-state index >= 15 is 0 Å². The minimum absolute atomic E-state index is 0. The number of benzene rings is 4. The molecule has 0 aliphatic carbocycles. The third-order valence-electron chi connectivity index (χ3n) is 3.32. The normalized spacial score (nSPS) is 7.93. The molecule has 0 aliphatic rings. The van der Waals surface area contributed by atoms with Gasteiger partial charge in [0.2, 0.25) is 0 Å². The van der Waals surface area contributed by atoms with E-state index in [2.05, 4.69) is 111 Å². The number of hydrogen-bond acceptors (Lipinski definition) is 0. The summed E-state index contributed by atoms with van der Waals surface area (Å²) in [5.41, 5.74) is 0. The third-order valence-corrected chi connectivity index (χ3v) is 3.32. The van der Waals surface area contributed by atoms with Crippen LogP contribution in [0.15, 0.2) is 97.1 Å². The van der Waals surface area contributed by atoms with Crippen molar-refractivity contribution in [3.05, 3.63) is 97.1 Å². The van der Waals surface area contributed by atoms with Crippen LogP contribution in [0, 0.1) is 0 Å². The highest BCUT2D eigenvalue weighted by Gasteiger charge is 1.86. The van der Waals surface area contributed by atoms with Crippen LogP contribution in [0.5, 0.6) is 0 Å². The van der Waals surface area contributed by atoms with E-state index in [-0.39, 0.29) is 14.9 Å². The second kappa shape index (κ2) is 21.7. The minimum atomic E-state index is 0. The molecular weight excluding hydrogens is 348 g/mol. The van der Waals surface area contributed by atoms with Crippen LogP contribution in [0.4, 0.5) is 0 Å². The number of fused-ring (bicyclic) bond motifs is 2. The van der Waals surface area contributed by atoms with Crippen molar-refractivity contribution < 1.29 is 0 Å². The highest BCUT2D eigenvalue weighted by atomic mass is 13.9. The molecule has 0 radical (unpaired) electrons. The second-order valence-corrected chi connectivity index (χ2v) is 5.40. The Labute approximate surface area is 181 Å². The van der Waals surface area contributed by atoms with Crippen molar-refractivity contribution in [2.24, 2.45) is 0 Å². The lowest BCUT2D eigenvalue weighted by atomic mass is 10.1. The molecule has 0 unspecified atom stereocenters. The predicted octanol–water partition coefficient (Wildman–Crippen LogP) is 10.4. The van der Waals surface area contributed by atoms with Crippen LogP contribution in [0.3, 0.4) is 0 Å². The molecule has 0 N–H and O–H groups in total. The van der Waals surface area contributed by atoms with Crippen molar-refractivity contribution in [3.8, 4) is 0 Å². The van der Waals surface area contributed by atoms with E-state index in [0.717, 1.165) is 0 Å². The maximum Gasteiger partial charge on any atom is -0.0184 e. The molecule has 0 heteroatoms. The van der Waals surface area contributed by atoms with Crippen LogP contribution in [0.2, 0.25) is 0 Å². The lowest BCUT2D eigenvalue weighted by Crippen LogP contribution is -1.67. The summed E-state index contributed by atoms with van der Waals surface area (Å²) < 4.78 is 0. The van der Waals surface area contributed by atoms with Crippen molar-refractivity contribution in [2.45, 2.75) is 62.8 Å². The topological polar surface area (TPSA) is 0 Å². The molecule has 0 spiro atoms. The van der Waals surface area contributed by atoms with Gasteiger partial charge >= 0.3 is 0 Å². The first-order valence-corrected chi connectivity index (χ1v) is 10.2. The van der Waals surface area contributed by atoms with Crippen LogP contribution in [-0.2, 0) is 0 Å². The fraction of sp³-hybridized carbons (Fsp3) is 0.310. The summed E-state index contributed by atoms with van der Waals surface area (Å²) in [6, 6.07) is 33.4. The van der Waals surface area contributed by atoms with Gasteiger partial charge in [0.25, 0.3) is 0 Å². The van der Waals surface area contributed by atoms with Crippen molar-refractivity contribution in [1.29, 1.82) is 0 Å². The van der Waals surface area contributed by atoms with Crippen LogP contribution >= 0.6 is 0 Å². The van der Waals surface area contributed by atoms with E-state index in [1.54, 1.807) is 0 Å². The largest absolute Gasteiger partial charge is 0.0776 e. The van der Waals surface area contributed by atoms with Crippen molar-refractivity contribution in [2.75, 3.05) is 0 Å². The zero-order valence-electron chi connectivity index (χ0n) is 17.9. The lowest BCUT2D eigenvalue weighted by Gasteiger charge is -1.92. The standard InChI is InChI=1S/2C10H8.C3H8.2C2H6.2CH4/c2*1-2-6-10-8-4-3-7-9(10)5-1;1-3-2;2*1-2;;/h2*1-8H;3H2,1-2H3;2*1-2H3;2*1H4. The Morgan fingerprint density at radius 1 is 0.379 bits per heavy atom. The molecule has 0 fully saturated rings. The summed E-state index contributed by atoms with van der Waals surface area (Å²) in [4.78, 5) is 0. The van der Waals surface area contributed by atoms with Gasteiger partial charge in [-0.05, 0) is 21.5 Å². The predicted molar refractivity (Wildman–Crippen MR) is 140 cm³/mol. The molecule has 0 atom stereocenters. The van der Waals surface area contributed by atoms with Gasteiger partial charge < -0.3 is 0 Å². The molecular formula is C29H44. The quantitative estimate of drug-likeness (QED) is 0.279. The first-order chi connectivity index (χ1) is 13.3. The van der Waals surface area contributed by atoms with Crippen LogP contribution in [0.1, 0.15) is 62.8 Å². The van der Waals surface area contributed by atoms with Gasteiger partial charge in [0.15, 0.2) is 0 Å². The summed E-state index contributed by atoms with van der Waals surface area (Å²) in [5.74, 6) is 0. The molecule has 0 heterocycles. The fourth-order valence-electron chi connectivity index (χ4n) is 2.27. The molecule has 160 valence electrons. The average Bonchev–Trinajstić information content (AvgIpc) is 2.78. The maximum absolute atomic E-state index is 2.12. The van der Waals surface area contributed by atoms with Crippen molar-refractivity contribution in [1.82, 2.24) is 0 Å². The van der Waals surface area contributed by atoms with Gasteiger partial charge in [0, 0.05) is 0 Å². The zero-order chi connectivity index (χ0) is 20.3. The van der Waals surface area contributed by atoms with Crippen LogP contribution < -0.4 is 0 Å². The second-order valence-electron chi connectivity index (χ2n) is 5.40. The zero-order valence-corrected chi connectivity index (χ0v) is 17.9. The number of hydrogen-bond donors (Lipinski definition) is 0. The molecule has 4 rings (SSSR count). The average molecular weight is 393 g/mol. The maximum atomic E-state index is 2.12. The van der Waals surface area contributed by atoms with E-state index in [0.29, 0.717) is 0 Å². The smallest absolute Gasteiger partial charge is 0.0184 e. The number of rotatable bonds is 0. The van der Waals surface area contributed by atoms with E-state index in [1.807, 2.05) is 27.7 Å². The summed E-state index contributed by atoms with van der Waals surface area (Å²) in [5, 5.41) is 5.24. The highest BCUT2D eigenvalue weighted by molar-refractivity contribution is 5.82. The first-order valence-electron chi connectivity index (χ1n) is 10.2. The molecule has 4 aromatic carbocycles. The van der Waals surface area contributed by atoms with Gasteiger partial charge in [0.05, 0.1) is 0 Å². The monoisotopic (exact) mass is 392 g/mol. The minimum Gasteiger partial charge on any atom is -0.0776 e. The Morgan fingerprint density at radius 2 is 0.483 bits per heavy atom. The van der Waals surface area contributed by atoms with Gasteiger partial charge in [-0.3, -0.25) is 0 Å². The third kappa shape index (κ3) is 12.5. The van der Waals surface area contributed by atoms with Gasteiger partial charge in [-0.15, -0.1) is 0 Å². The molecule has 0 saturated heterocycles. The van der Waals surface area contributed by atoms with E-state index in [4.69, 9.17) is 0 Å². The molecule has 0 amide bonds. The summed E-state index contributed by atoms with van der Waals surface area (Å²) >= 11 is 0. The van der Waals surface area contributed by atoms with E-state index in [9.17, 15) is 0 Å². The van der Waals surface area contributed by atoms with E-state index in [1.165, 1.54) is 28.0 Å². The Morgan fingerprint density at radius 3 is 0.586 bits per heavy atom. The molecule has 0 bridgehead atoms. The SMILES string of the molecule is C.C.CC.CC.CCC.c1ccc2ccccc2c1.c1ccc2ccccc2c1. The Kier molecular flexibility index (Phi) is 23.3. The van der Waals surface area contributed by atoms with Gasteiger partial charge in [-0.1, -0.05) is 160 Å². The molecule has 4 aromatic rings. The molecule has 0 aliphatic heterocycles. The Bertz CT molecular complexity index is 628. The summed E-state index contributed by atoms with van der Waals surface area (Å²) in [7, 11) is 0. The molecule has 29 heavy (non-hydrogen) atoms. The van der Waals surface area contributed by atoms with Gasteiger partial charge in [-0.2, -0.15) is 0 Å². The fourth-order valence-corrected chi connectivity index (χ4v) is 2.27. The highest BCUT2D eigenvalue weighted by Crippen LogP contribution is 2.11. The molecule has 0 aromatic heterocycles. The first kappa shape index (κ1) is 31.1. The van der Waals surface area contributed by atoms with Crippen molar-refractivity contribution in [3.63, 3.8) is 0 Å².